The van der Waals surface area contributed by atoms with Crippen LogP contribution < -0.4 is 0 Å². The number of carbonyl (C=O) groups excluding carboxylic acids is 1. The molecule has 3 nitrogen and oxygen atoms in total. The van der Waals surface area contributed by atoms with Crippen molar-refractivity contribution >= 4 is 15.6 Å². The number of hydrogen-bond donors (Lipinski definition) is 0. The molecule has 6 heteroatoms. The van der Waals surface area contributed by atoms with Crippen molar-refractivity contribution in [2.75, 3.05) is 0 Å². The molecule has 18 heavy (non-hydrogen) atoms. The van der Waals surface area contributed by atoms with Gasteiger partial charge in [-0.3, -0.25) is 4.79 Å². The van der Waals surface area contributed by atoms with Crippen LogP contribution in [0.15, 0.2) is 23.1 Å². The van der Waals surface area contributed by atoms with Gasteiger partial charge in [0.25, 0.3) is 0 Å². The van der Waals surface area contributed by atoms with E-state index >= 15 is 0 Å². The van der Waals surface area contributed by atoms with Gasteiger partial charge < -0.3 is 0 Å². The first-order chi connectivity index (χ1) is 8.43. The molecule has 0 aliphatic heterocycles. The van der Waals surface area contributed by atoms with E-state index in [1.807, 2.05) is 0 Å². The summed E-state index contributed by atoms with van der Waals surface area (Å²) in [4.78, 5) is 10.9. The minimum Gasteiger partial charge on any atom is -0.298 e. The van der Waals surface area contributed by atoms with Gasteiger partial charge in [-0.1, -0.05) is 6.42 Å². The third-order valence-electron chi connectivity index (χ3n) is 3.07. The molecule has 0 bridgehead atoms. The summed E-state index contributed by atoms with van der Waals surface area (Å²) < 4.78 is 50.8. The molecule has 1 atom stereocenters. The van der Waals surface area contributed by atoms with Crippen LogP contribution >= 0.6 is 0 Å². The number of halogens is 2. The molecule has 1 saturated carbocycles. The zero-order valence-electron chi connectivity index (χ0n) is 9.53. The van der Waals surface area contributed by atoms with Crippen LogP contribution in [0.5, 0.6) is 0 Å². The molecule has 0 saturated heterocycles. The van der Waals surface area contributed by atoms with Gasteiger partial charge >= 0.3 is 0 Å². The van der Waals surface area contributed by atoms with Gasteiger partial charge in [0.05, 0.1) is 0 Å². The molecule has 0 radical (unpaired) electrons. The van der Waals surface area contributed by atoms with Crippen molar-refractivity contribution in [3.05, 3.63) is 29.8 Å². The first kappa shape index (κ1) is 13.1. The summed E-state index contributed by atoms with van der Waals surface area (Å²) in [5.41, 5.74) is 0. The molecule has 0 amide bonds. The second-order valence-corrected chi connectivity index (χ2v) is 6.42. The zero-order chi connectivity index (χ0) is 13.3. The molecule has 0 heterocycles. The average molecular weight is 274 g/mol. The van der Waals surface area contributed by atoms with E-state index in [0.717, 1.165) is 12.1 Å². The van der Waals surface area contributed by atoms with Crippen molar-refractivity contribution in [1.82, 2.24) is 0 Å². The SMILES string of the molecule is O=C1CCCCC1S(=O)(=O)c1cc(F)ccc1F. The highest BCUT2D eigenvalue weighted by Gasteiger charge is 2.37. The van der Waals surface area contributed by atoms with Crippen molar-refractivity contribution in [3.63, 3.8) is 0 Å². The number of sulfone groups is 1. The highest BCUT2D eigenvalue weighted by molar-refractivity contribution is 7.92. The quantitative estimate of drug-likeness (QED) is 0.831. The van der Waals surface area contributed by atoms with Gasteiger partial charge in [0.1, 0.15) is 21.8 Å². The van der Waals surface area contributed by atoms with E-state index in [1.54, 1.807) is 0 Å². The monoisotopic (exact) mass is 274 g/mol. The summed E-state index contributed by atoms with van der Waals surface area (Å²) in [6.45, 7) is 0. The van der Waals surface area contributed by atoms with Gasteiger partial charge in [-0.2, -0.15) is 0 Å². The summed E-state index contributed by atoms with van der Waals surface area (Å²) in [5, 5.41) is -1.23. The Morgan fingerprint density at radius 2 is 1.89 bits per heavy atom. The molecule has 0 spiro atoms. The van der Waals surface area contributed by atoms with Crippen LogP contribution in [-0.2, 0) is 14.6 Å². The maximum Gasteiger partial charge on any atom is 0.191 e. The number of Topliss-reactive ketones (excluding diaryl/α,β-unsaturated/α-hetero) is 1. The molecule has 1 aliphatic carbocycles. The number of carbonyl (C=O) groups is 1. The second kappa shape index (κ2) is 4.76. The van der Waals surface area contributed by atoms with Crippen LogP contribution in [0.25, 0.3) is 0 Å². The molecule has 2 rings (SSSR count). The van der Waals surface area contributed by atoms with Gasteiger partial charge in [0.15, 0.2) is 15.6 Å². The number of ketones is 1. The minimum atomic E-state index is -4.13. The summed E-state index contributed by atoms with van der Waals surface area (Å²) in [6.07, 6.45) is 1.61. The molecule has 1 unspecified atom stereocenters. The lowest BCUT2D eigenvalue weighted by atomic mass is 9.99. The molecule has 0 aromatic heterocycles. The van der Waals surface area contributed by atoms with Crippen LogP contribution in [0, 0.1) is 11.6 Å². The normalized spacial score (nSPS) is 21.0. The Morgan fingerprint density at radius 1 is 1.17 bits per heavy atom. The van der Waals surface area contributed by atoms with Crippen LogP contribution in [0.2, 0.25) is 0 Å². The van der Waals surface area contributed by atoms with E-state index in [4.69, 9.17) is 0 Å². The standard InChI is InChI=1S/C12H12F2O3S/c13-8-5-6-9(14)12(7-8)18(16,17)11-4-2-1-3-10(11)15/h5-7,11H,1-4H2. The Morgan fingerprint density at radius 3 is 2.56 bits per heavy atom. The molecule has 1 aromatic carbocycles. The van der Waals surface area contributed by atoms with Gasteiger partial charge in [-0.25, -0.2) is 17.2 Å². The highest BCUT2D eigenvalue weighted by Crippen LogP contribution is 2.28. The fourth-order valence-corrected chi connectivity index (χ4v) is 3.99. The largest absolute Gasteiger partial charge is 0.298 e. The molecular formula is C12H12F2O3S. The Hall–Kier alpha value is -1.30. The van der Waals surface area contributed by atoms with Gasteiger partial charge in [0.2, 0.25) is 0 Å². The van der Waals surface area contributed by atoms with E-state index in [0.29, 0.717) is 18.9 Å². The van der Waals surface area contributed by atoms with E-state index in [1.165, 1.54) is 0 Å². The summed E-state index contributed by atoms with van der Waals surface area (Å²) >= 11 is 0. The number of benzene rings is 1. The van der Waals surface area contributed by atoms with Gasteiger partial charge in [-0.15, -0.1) is 0 Å². The summed E-state index contributed by atoms with van der Waals surface area (Å²) in [7, 11) is -4.13. The number of hydrogen-bond acceptors (Lipinski definition) is 3. The summed E-state index contributed by atoms with van der Waals surface area (Å²) in [5.74, 6) is -2.27. The van der Waals surface area contributed by atoms with Crippen LogP contribution in [-0.4, -0.2) is 19.5 Å². The van der Waals surface area contributed by atoms with E-state index < -0.39 is 37.4 Å². The fraction of sp³-hybridized carbons (Fsp3) is 0.417. The maximum atomic E-state index is 13.5. The first-order valence-corrected chi connectivity index (χ1v) is 7.19. The molecular weight excluding hydrogens is 262 g/mol. The Kier molecular flexibility index (Phi) is 3.47. The number of rotatable bonds is 2. The van der Waals surface area contributed by atoms with Crippen LogP contribution in [0.3, 0.4) is 0 Å². The van der Waals surface area contributed by atoms with E-state index in [9.17, 15) is 22.0 Å². The fourth-order valence-electron chi connectivity index (χ4n) is 2.13. The Balaban J connectivity index is 2.47. The smallest absolute Gasteiger partial charge is 0.191 e. The van der Waals surface area contributed by atoms with Crippen molar-refractivity contribution in [2.24, 2.45) is 0 Å². The maximum absolute atomic E-state index is 13.5. The summed E-state index contributed by atoms with van der Waals surface area (Å²) in [6, 6.07) is 2.24. The predicted molar refractivity (Wildman–Crippen MR) is 60.8 cm³/mol. The van der Waals surface area contributed by atoms with Gasteiger partial charge in [0, 0.05) is 6.42 Å². The van der Waals surface area contributed by atoms with Crippen molar-refractivity contribution in [3.8, 4) is 0 Å². The van der Waals surface area contributed by atoms with Crippen molar-refractivity contribution in [2.45, 2.75) is 35.8 Å². The lowest BCUT2D eigenvalue weighted by Crippen LogP contribution is -2.33. The topological polar surface area (TPSA) is 51.2 Å². The highest BCUT2D eigenvalue weighted by atomic mass is 32.2. The Labute approximate surface area is 104 Å². The lowest BCUT2D eigenvalue weighted by Gasteiger charge is -2.20. The minimum absolute atomic E-state index is 0.178. The zero-order valence-corrected chi connectivity index (χ0v) is 10.3. The van der Waals surface area contributed by atoms with Crippen molar-refractivity contribution < 1.29 is 22.0 Å². The molecule has 98 valence electrons. The average Bonchev–Trinajstić information content (AvgIpc) is 2.32. The van der Waals surface area contributed by atoms with E-state index in [-0.39, 0.29) is 12.8 Å². The molecule has 1 aromatic rings. The van der Waals surface area contributed by atoms with E-state index in [2.05, 4.69) is 0 Å². The van der Waals surface area contributed by atoms with Crippen LogP contribution in [0.1, 0.15) is 25.7 Å². The first-order valence-electron chi connectivity index (χ1n) is 5.64. The molecule has 1 fully saturated rings. The third kappa shape index (κ3) is 2.29. The lowest BCUT2D eigenvalue weighted by molar-refractivity contribution is -0.119. The second-order valence-electron chi connectivity index (χ2n) is 4.32. The molecule has 0 N–H and O–H groups in total. The predicted octanol–water partition coefficient (Wildman–Crippen LogP) is 2.25. The van der Waals surface area contributed by atoms with Crippen LogP contribution in [0.4, 0.5) is 8.78 Å². The van der Waals surface area contributed by atoms with Gasteiger partial charge in [-0.05, 0) is 31.0 Å². The Bertz CT molecular complexity index is 581. The molecule has 1 aliphatic rings. The van der Waals surface area contributed by atoms with Crippen molar-refractivity contribution in [1.29, 1.82) is 0 Å². The third-order valence-corrected chi connectivity index (χ3v) is 5.25.